The largest absolute Gasteiger partial charge is 0.481 e. The Hall–Kier alpha value is -3.41. The number of carbonyl (C=O) groups is 2. The quantitative estimate of drug-likeness (QED) is 0.194. The number of rotatable bonds is 9. The fourth-order valence-electron chi connectivity index (χ4n) is 2.56. The van der Waals surface area contributed by atoms with Crippen molar-refractivity contribution in [2.45, 2.75) is 4.43 Å². The summed E-state index contributed by atoms with van der Waals surface area (Å²) in [6.45, 7) is -0.482. The molecule has 0 unspecified atom stereocenters. The molecule has 0 aliphatic carbocycles. The van der Waals surface area contributed by atoms with Crippen LogP contribution >= 0.6 is 22.6 Å². The van der Waals surface area contributed by atoms with Gasteiger partial charge in [0.1, 0.15) is 17.1 Å². The van der Waals surface area contributed by atoms with Crippen LogP contribution in [0.5, 0.6) is 5.75 Å². The van der Waals surface area contributed by atoms with E-state index in [0.29, 0.717) is 17.1 Å². The van der Waals surface area contributed by atoms with Gasteiger partial charge in [-0.25, -0.2) is 9.79 Å². The topological polar surface area (TPSA) is 143 Å². The summed E-state index contributed by atoms with van der Waals surface area (Å²) in [5.41, 5.74) is 8.11. The van der Waals surface area contributed by atoms with Crippen LogP contribution in [0.2, 0.25) is 0 Å². The second-order valence-electron chi connectivity index (χ2n) is 6.10. The predicted octanol–water partition coefficient (Wildman–Crippen LogP) is 3.40. The molecule has 30 heavy (non-hydrogen) atoms. The van der Waals surface area contributed by atoms with Crippen molar-refractivity contribution >= 4 is 58.0 Å². The smallest absolute Gasteiger partial charge is 0.341 e. The summed E-state index contributed by atoms with van der Waals surface area (Å²) in [5.74, 6) is -1.02. The van der Waals surface area contributed by atoms with Crippen LogP contribution in [-0.4, -0.2) is 40.0 Å². The highest BCUT2D eigenvalue weighted by atomic mass is 127. The molecule has 3 rings (SSSR count). The van der Waals surface area contributed by atoms with Gasteiger partial charge in [-0.3, -0.25) is 9.89 Å². The molecule has 0 aliphatic rings. The second-order valence-corrected chi connectivity index (χ2v) is 6.86. The lowest BCUT2D eigenvalue weighted by atomic mass is 10.2. The summed E-state index contributed by atoms with van der Waals surface area (Å²) in [4.78, 5) is 27.0. The average Bonchev–Trinajstić information content (AvgIpc) is 3.14. The molecule has 3 aromatic rings. The van der Waals surface area contributed by atoms with Gasteiger partial charge >= 0.3 is 5.97 Å². The number of aliphatic carboxylic acids is 1. The fraction of sp³-hybridized carbons (Fsp3) is 0.100. The molecule has 2 aromatic carbocycles. The standard InChI is InChI=1S/C20H18IN5O4/c21-9-12-5-7-14(8-6-12)24-20-17(18(22)29)19(25-26-20)23-10-13-3-1-2-4-15(13)30-11-16(27)28/h1-8,10H,9,11H2,(H2,22,29)(H,27,28)(H2,24,25,26). The number of H-pyrrole nitrogens is 1. The van der Waals surface area contributed by atoms with E-state index in [9.17, 15) is 9.59 Å². The molecule has 0 aliphatic heterocycles. The third-order valence-electron chi connectivity index (χ3n) is 3.97. The molecule has 1 heterocycles. The molecule has 154 valence electrons. The number of carbonyl (C=O) groups excluding carboxylic acids is 1. The Morgan fingerprint density at radius 1 is 1.23 bits per heavy atom. The Bertz CT molecular complexity index is 1080. The summed E-state index contributed by atoms with van der Waals surface area (Å²) >= 11 is 2.28. The zero-order chi connectivity index (χ0) is 21.5. The minimum atomic E-state index is -1.09. The number of halogens is 1. The molecule has 0 bridgehead atoms. The minimum absolute atomic E-state index is 0.0990. The first-order chi connectivity index (χ1) is 14.5. The number of aromatic nitrogens is 2. The average molecular weight is 519 g/mol. The number of nitrogens with two attached hydrogens (primary N) is 1. The maximum absolute atomic E-state index is 12.0. The third-order valence-corrected chi connectivity index (χ3v) is 4.85. The highest BCUT2D eigenvalue weighted by Crippen LogP contribution is 2.27. The highest BCUT2D eigenvalue weighted by molar-refractivity contribution is 14.1. The second kappa shape index (κ2) is 9.87. The molecule has 10 heteroatoms. The molecule has 0 saturated carbocycles. The van der Waals surface area contributed by atoms with Gasteiger partial charge in [-0.1, -0.05) is 46.9 Å². The van der Waals surface area contributed by atoms with Gasteiger partial charge in [-0.05, 0) is 29.8 Å². The third kappa shape index (κ3) is 5.35. The summed E-state index contributed by atoms with van der Waals surface area (Å²) in [7, 11) is 0. The summed E-state index contributed by atoms with van der Waals surface area (Å²) in [5, 5.41) is 18.7. The van der Waals surface area contributed by atoms with E-state index in [-0.39, 0.29) is 11.4 Å². The first-order valence-electron chi connectivity index (χ1n) is 8.75. The summed E-state index contributed by atoms with van der Waals surface area (Å²) in [6, 6.07) is 14.5. The normalized spacial score (nSPS) is 10.8. The number of nitrogens with one attached hydrogen (secondary N) is 2. The number of nitrogens with zero attached hydrogens (tertiary/aromatic N) is 2. The number of hydrogen-bond acceptors (Lipinski definition) is 6. The number of aromatic amines is 1. The van der Waals surface area contributed by atoms with E-state index in [1.54, 1.807) is 24.3 Å². The SMILES string of the molecule is NC(=O)c1c(N=Cc2ccccc2OCC(=O)O)n[nH]c1Nc1ccc(CI)cc1. The molecule has 5 N–H and O–H groups in total. The fourth-order valence-corrected chi connectivity index (χ4v) is 3.07. The summed E-state index contributed by atoms with van der Waals surface area (Å²) in [6.07, 6.45) is 1.43. The predicted molar refractivity (Wildman–Crippen MR) is 121 cm³/mol. The summed E-state index contributed by atoms with van der Waals surface area (Å²) < 4.78 is 6.14. The van der Waals surface area contributed by atoms with E-state index in [2.05, 4.69) is 43.1 Å². The van der Waals surface area contributed by atoms with Crippen LogP contribution in [0, 0.1) is 0 Å². The van der Waals surface area contributed by atoms with Gasteiger partial charge in [-0.15, -0.1) is 0 Å². The van der Waals surface area contributed by atoms with Crippen molar-refractivity contribution in [3.05, 3.63) is 65.2 Å². The Balaban J connectivity index is 1.85. The molecule has 0 saturated heterocycles. The van der Waals surface area contributed by atoms with E-state index < -0.39 is 18.5 Å². The van der Waals surface area contributed by atoms with Crippen LogP contribution in [0.15, 0.2) is 53.5 Å². The molecule has 0 spiro atoms. The number of amides is 1. The van der Waals surface area contributed by atoms with E-state index in [1.807, 2.05) is 24.3 Å². The lowest BCUT2D eigenvalue weighted by Crippen LogP contribution is -2.12. The van der Waals surface area contributed by atoms with Crippen molar-refractivity contribution < 1.29 is 19.4 Å². The number of carboxylic acid groups (broad SMARTS) is 1. The number of anilines is 2. The zero-order valence-electron chi connectivity index (χ0n) is 15.6. The van der Waals surface area contributed by atoms with Crippen molar-refractivity contribution in [2.24, 2.45) is 10.7 Å². The van der Waals surface area contributed by atoms with E-state index in [1.165, 1.54) is 11.8 Å². The molecule has 9 nitrogen and oxygen atoms in total. The lowest BCUT2D eigenvalue weighted by Gasteiger charge is -2.06. The minimum Gasteiger partial charge on any atom is -0.481 e. The molecule has 1 amide bonds. The van der Waals surface area contributed by atoms with Gasteiger partial charge in [0, 0.05) is 21.9 Å². The molecular weight excluding hydrogens is 501 g/mol. The number of hydrogen-bond donors (Lipinski definition) is 4. The van der Waals surface area contributed by atoms with Crippen LogP contribution in [0.3, 0.4) is 0 Å². The number of aliphatic imine (C=N–C) groups is 1. The van der Waals surface area contributed by atoms with Crippen molar-refractivity contribution in [3.8, 4) is 5.75 Å². The number of carboxylic acids is 1. The Morgan fingerprint density at radius 2 is 1.97 bits per heavy atom. The zero-order valence-corrected chi connectivity index (χ0v) is 17.8. The monoisotopic (exact) mass is 519 g/mol. The number of ether oxygens (including phenoxy) is 1. The first-order valence-corrected chi connectivity index (χ1v) is 10.3. The van der Waals surface area contributed by atoms with Crippen LogP contribution in [-0.2, 0) is 9.22 Å². The Morgan fingerprint density at radius 3 is 2.63 bits per heavy atom. The van der Waals surface area contributed by atoms with Gasteiger partial charge < -0.3 is 20.9 Å². The van der Waals surface area contributed by atoms with Gasteiger partial charge in [0.25, 0.3) is 5.91 Å². The van der Waals surface area contributed by atoms with Crippen molar-refractivity contribution in [3.63, 3.8) is 0 Å². The molecule has 0 radical (unpaired) electrons. The van der Waals surface area contributed by atoms with Gasteiger partial charge in [0.2, 0.25) is 0 Å². The van der Waals surface area contributed by atoms with Crippen LogP contribution in [0.1, 0.15) is 21.5 Å². The lowest BCUT2D eigenvalue weighted by molar-refractivity contribution is -0.139. The van der Waals surface area contributed by atoms with Crippen LogP contribution in [0.25, 0.3) is 0 Å². The Kier molecular flexibility index (Phi) is 7.01. The number of primary amides is 1. The molecule has 0 fully saturated rings. The molecule has 0 atom stereocenters. The van der Waals surface area contributed by atoms with Gasteiger partial charge in [0.15, 0.2) is 12.4 Å². The Labute approximate surface area is 185 Å². The number of benzene rings is 2. The molecular formula is C20H18IN5O4. The number of alkyl halides is 1. The molecule has 1 aromatic heterocycles. The van der Waals surface area contributed by atoms with Gasteiger partial charge in [-0.2, -0.15) is 5.10 Å². The number of para-hydroxylation sites is 1. The maximum Gasteiger partial charge on any atom is 0.341 e. The van der Waals surface area contributed by atoms with E-state index in [0.717, 1.165) is 10.1 Å². The van der Waals surface area contributed by atoms with Crippen LogP contribution in [0.4, 0.5) is 17.3 Å². The van der Waals surface area contributed by atoms with E-state index >= 15 is 0 Å². The van der Waals surface area contributed by atoms with Crippen molar-refractivity contribution in [2.75, 3.05) is 11.9 Å². The van der Waals surface area contributed by atoms with Gasteiger partial charge in [0.05, 0.1) is 0 Å². The van der Waals surface area contributed by atoms with Crippen LogP contribution < -0.4 is 15.8 Å². The first kappa shape index (κ1) is 21.3. The van der Waals surface area contributed by atoms with Crippen molar-refractivity contribution in [1.29, 1.82) is 0 Å². The highest BCUT2D eigenvalue weighted by Gasteiger charge is 2.18. The maximum atomic E-state index is 12.0. The van der Waals surface area contributed by atoms with E-state index in [4.69, 9.17) is 15.6 Å². The van der Waals surface area contributed by atoms with Crippen molar-refractivity contribution in [1.82, 2.24) is 10.2 Å².